The van der Waals surface area contributed by atoms with Crippen molar-refractivity contribution < 1.29 is 14.1 Å². The Morgan fingerprint density at radius 1 is 1.22 bits per heavy atom. The topological polar surface area (TPSA) is 77.5 Å². The molecule has 0 bridgehead atoms. The van der Waals surface area contributed by atoms with Crippen LogP contribution in [0.5, 0.6) is 0 Å². The average molecular weight is 318 g/mol. The summed E-state index contributed by atoms with van der Waals surface area (Å²) in [5.74, 6) is 1.29. The van der Waals surface area contributed by atoms with E-state index in [2.05, 4.69) is 19.2 Å². The van der Waals surface area contributed by atoms with Gasteiger partial charge in [0.1, 0.15) is 5.76 Å². The van der Waals surface area contributed by atoms with Crippen LogP contribution in [0.2, 0.25) is 0 Å². The van der Waals surface area contributed by atoms with E-state index in [0.717, 1.165) is 11.3 Å². The Morgan fingerprint density at radius 2 is 1.96 bits per heavy atom. The standard InChI is InChI=1S/C17H22N2O4/c1-13(2)11-22-12-16(17-4-3-9-23-17)18-10-14-5-7-15(8-6-14)19(20)21/h3-9,13,16,18H,10-12H2,1-2H3. The molecule has 0 amide bonds. The molecule has 1 aromatic heterocycles. The molecule has 1 heterocycles. The van der Waals surface area contributed by atoms with Crippen LogP contribution in [0, 0.1) is 16.0 Å². The van der Waals surface area contributed by atoms with Crippen molar-refractivity contribution in [2.45, 2.75) is 26.4 Å². The highest BCUT2D eigenvalue weighted by Gasteiger charge is 2.15. The van der Waals surface area contributed by atoms with E-state index in [9.17, 15) is 10.1 Å². The smallest absolute Gasteiger partial charge is 0.269 e. The van der Waals surface area contributed by atoms with Gasteiger partial charge in [0.05, 0.1) is 23.8 Å². The zero-order valence-corrected chi connectivity index (χ0v) is 13.4. The van der Waals surface area contributed by atoms with Gasteiger partial charge >= 0.3 is 0 Å². The highest BCUT2D eigenvalue weighted by Crippen LogP contribution is 2.17. The lowest BCUT2D eigenvalue weighted by Crippen LogP contribution is -2.25. The number of hydrogen-bond acceptors (Lipinski definition) is 5. The third-order valence-corrected chi connectivity index (χ3v) is 3.32. The fraction of sp³-hybridized carbons (Fsp3) is 0.412. The number of benzene rings is 1. The van der Waals surface area contributed by atoms with Crippen molar-refractivity contribution in [3.8, 4) is 0 Å². The lowest BCUT2D eigenvalue weighted by atomic mass is 10.1. The van der Waals surface area contributed by atoms with E-state index in [1.165, 1.54) is 12.1 Å². The Balaban J connectivity index is 1.93. The van der Waals surface area contributed by atoms with Gasteiger partial charge in [-0.05, 0) is 23.6 Å². The van der Waals surface area contributed by atoms with Crippen LogP contribution in [0.1, 0.15) is 31.2 Å². The first-order valence-electron chi connectivity index (χ1n) is 7.64. The van der Waals surface area contributed by atoms with E-state index in [-0.39, 0.29) is 11.7 Å². The van der Waals surface area contributed by atoms with Crippen LogP contribution >= 0.6 is 0 Å². The van der Waals surface area contributed by atoms with Gasteiger partial charge in [-0.2, -0.15) is 0 Å². The highest BCUT2D eigenvalue weighted by atomic mass is 16.6. The van der Waals surface area contributed by atoms with Gasteiger partial charge in [0.2, 0.25) is 0 Å². The Hall–Kier alpha value is -2.18. The zero-order chi connectivity index (χ0) is 16.7. The molecule has 1 N–H and O–H groups in total. The number of furan rings is 1. The molecule has 0 spiro atoms. The first kappa shape index (κ1) is 17.2. The first-order valence-corrected chi connectivity index (χ1v) is 7.64. The summed E-state index contributed by atoms with van der Waals surface area (Å²) in [6.07, 6.45) is 1.64. The SMILES string of the molecule is CC(C)COCC(NCc1ccc([N+](=O)[O-])cc1)c1ccco1. The molecule has 1 aromatic carbocycles. The summed E-state index contributed by atoms with van der Waals surface area (Å²) in [6, 6.07) is 10.2. The second-order valence-electron chi connectivity index (χ2n) is 5.80. The Kier molecular flexibility index (Phi) is 6.31. The fourth-order valence-electron chi connectivity index (χ4n) is 2.13. The van der Waals surface area contributed by atoms with E-state index in [0.29, 0.717) is 25.7 Å². The predicted octanol–water partition coefficient (Wildman–Crippen LogP) is 3.69. The van der Waals surface area contributed by atoms with E-state index in [1.54, 1.807) is 18.4 Å². The largest absolute Gasteiger partial charge is 0.468 e. The predicted molar refractivity (Wildman–Crippen MR) is 87.0 cm³/mol. The van der Waals surface area contributed by atoms with Gasteiger partial charge in [0, 0.05) is 25.3 Å². The lowest BCUT2D eigenvalue weighted by molar-refractivity contribution is -0.384. The van der Waals surface area contributed by atoms with E-state index >= 15 is 0 Å². The monoisotopic (exact) mass is 318 g/mol. The van der Waals surface area contributed by atoms with Crippen molar-refractivity contribution in [3.63, 3.8) is 0 Å². The fourth-order valence-corrected chi connectivity index (χ4v) is 2.13. The van der Waals surface area contributed by atoms with Crippen molar-refractivity contribution in [3.05, 3.63) is 64.1 Å². The van der Waals surface area contributed by atoms with E-state index in [4.69, 9.17) is 9.15 Å². The Labute approximate surface area is 135 Å². The quantitative estimate of drug-likeness (QED) is 0.563. The maximum absolute atomic E-state index is 10.7. The van der Waals surface area contributed by atoms with Crippen molar-refractivity contribution in [2.24, 2.45) is 5.92 Å². The second kappa shape index (κ2) is 8.45. The highest BCUT2D eigenvalue weighted by molar-refractivity contribution is 5.32. The van der Waals surface area contributed by atoms with Gasteiger partial charge in [-0.1, -0.05) is 26.0 Å². The first-order chi connectivity index (χ1) is 11.1. The molecule has 2 aromatic rings. The number of rotatable bonds is 9. The number of nitrogens with one attached hydrogen (secondary N) is 1. The van der Waals surface area contributed by atoms with Crippen LogP contribution in [0.4, 0.5) is 5.69 Å². The van der Waals surface area contributed by atoms with Crippen LogP contribution in [0.3, 0.4) is 0 Å². The summed E-state index contributed by atoms with van der Waals surface area (Å²) in [4.78, 5) is 10.3. The van der Waals surface area contributed by atoms with Gasteiger partial charge in [-0.25, -0.2) is 0 Å². The molecule has 0 aliphatic heterocycles. The van der Waals surface area contributed by atoms with Gasteiger partial charge in [-0.3, -0.25) is 10.1 Å². The van der Waals surface area contributed by atoms with E-state index < -0.39 is 4.92 Å². The van der Waals surface area contributed by atoms with Crippen LogP contribution in [0.25, 0.3) is 0 Å². The molecule has 2 rings (SSSR count). The van der Waals surface area contributed by atoms with Crippen molar-refractivity contribution in [2.75, 3.05) is 13.2 Å². The summed E-state index contributed by atoms with van der Waals surface area (Å²) in [7, 11) is 0. The number of hydrogen-bond donors (Lipinski definition) is 1. The molecule has 23 heavy (non-hydrogen) atoms. The summed E-state index contributed by atoms with van der Waals surface area (Å²) in [5.41, 5.74) is 1.06. The maximum Gasteiger partial charge on any atom is 0.269 e. The molecule has 1 unspecified atom stereocenters. The third-order valence-electron chi connectivity index (χ3n) is 3.32. The molecule has 0 aliphatic rings. The van der Waals surface area contributed by atoms with E-state index in [1.807, 2.05) is 12.1 Å². The molecule has 0 fully saturated rings. The molecule has 6 heteroatoms. The van der Waals surface area contributed by atoms with Gasteiger partial charge in [-0.15, -0.1) is 0 Å². The van der Waals surface area contributed by atoms with Crippen LogP contribution < -0.4 is 5.32 Å². The average Bonchev–Trinajstić information content (AvgIpc) is 3.05. The molecular formula is C17H22N2O4. The van der Waals surface area contributed by atoms with Crippen molar-refractivity contribution >= 4 is 5.69 Å². The van der Waals surface area contributed by atoms with Gasteiger partial charge < -0.3 is 14.5 Å². The number of non-ortho nitro benzene ring substituents is 1. The molecular weight excluding hydrogens is 296 g/mol. The summed E-state index contributed by atoms with van der Waals surface area (Å²) in [5, 5.41) is 14.0. The van der Waals surface area contributed by atoms with Crippen LogP contribution in [0.15, 0.2) is 47.1 Å². The Bertz CT molecular complexity index is 594. The molecule has 124 valence electrons. The number of nitro groups is 1. The number of nitro benzene ring substituents is 1. The zero-order valence-electron chi connectivity index (χ0n) is 13.4. The third kappa shape index (κ3) is 5.50. The van der Waals surface area contributed by atoms with Gasteiger partial charge in [0.25, 0.3) is 5.69 Å². The molecule has 0 aliphatic carbocycles. The van der Waals surface area contributed by atoms with Gasteiger partial charge in [0.15, 0.2) is 0 Å². The molecule has 0 saturated carbocycles. The number of ether oxygens (including phenoxy) is 1. The van der Waals surface area contributed by atoms with Crippen LogP contribution in [-0.2, 0) is 11.3 Å². The normalized spacial score (nSPS) is 12.5. The molecule has 0 radical (unpaired) electrons. The lowest BCUT2D eigenvalue weighted by Gasteiger charge is -2.17. The molecule has 0 saturated heterocycles. The second-order valence-corrected chi connectivity index (χ2v) is 5.80. The maximum atomic E-state index is 10.7. The minimum absolute atomic E-state index is 0.0565. The molecule has 1 atom stereocenters. The summed E-state index contributed by atoms with van der Waals surface area (Å²) < 4.78 is 11.2. The molecule has 6 nitrogen and oxygen atoms in total. The summed E-state index contributed by atoms with van der Waals surface area (Å²) in [6.45, 7) is 5.99. The van der Waals surface area contributed by atoms with Crippen LogP contribution in [-0.4, -0.2) is 18.1 Å². The number of nitrogens with zero attached hydrogens (tertiary/aromatic N) is 1. The van der Waals surface area contributed by atoms with Crippen molar-refractivity contribution in [1.82, 2.24) is 5.32 Å². The minimum Gasteiger partial charge on any atom is -0.468 e. The Morgan fingerprint density at radius 3 is 2.52 bits per heavy atom. The summed E-state index contributed by atoms with van der Waals surface area (Å²) >= 11 is 0. The van der Waals surface area contributed by atoms with Crippen molar-refractivity contribution in [1.29, 1.82) is 0 Å². The minimum atomic E-state index is -0.400.